The Hall–Kier alpha value is -1.92. The largest absolute Gasteiger partial charge is 0.336 e. The van der Waals surface area contributed by atoms with Crippen molar-refractivity contribution in [1.29, 1.82) is 0 Å². The first-order valence-electron chi connectivity index (χ1n) is 6.08. The van der Waals surface area contributed by atoms with E-state index >= 15 is 0 Å². The van der Waals surface area contributed by atoms with Gasteiger partial charge in [-0.1, -0.05) is 23.4 Å². The van der Waals surface area contributed by atoms with E-state index < -0.39 is 0 Å². The molecule has 0 fully saturated rings. The lowest BCUT2D eigenvalue weighted by Crippen LogP contribution is -2.39. The Kier molecular flexibility index (Phi) is 5.66. The van der Waals surface area contributed by atoms with Crippen LogP contribution in [-0.2, 0) is 0 Å². The molecule has 7 heteroatoms. The van der Waals surface area contributed by atoms with Crippen LogP contribution in [-0.4, -0.2) is 45.4 Å². The predicted molar refractivity (Wildman–Crippen MR) is 79.2 cm³/mol. The molecular weight excluding hydrogens is 278 g/mol. The fourth-order valence-electron chi connectivity index (χ4n) is 1.61. The van der Waals surface area contributed by atoms with Gasteiger partial charge in [-0.25, -0.2) is 4.68 Å². The average molecular weight is 296 g/mol. The van der Waals surface area contributed by atoms with Crippen LogP contribution in [0.4, 0.5) is 0 Å². The summed E-state index contributed by atoms with van der Waals surface area (Å²) in [5, 5.41) is 7.87. The van der Waals surface area contributed by atoms with Crippen molar-refractivity contribution in [2.24, 2.45) is 5.73 Å². The molecule has 0 spiro atoms. The van der Waals surface area contributed by atoms with Crippen molar-refractivity contribution in [3.63, 3.8) is 0 Å². The van der Waals surface area contributed by atoms with Crippen LogP contribution in [0.2, 0.25) is 0 Å². The van der Waals surface area contributed by atoms with Gasteiger partial charge < -0.3 is 10.6 Å². The minimum Gasteiger partial charge on any atom is -0.336 e. The molecule has 2 rings (SSSR count). The molecule has 0 aliphatic carbocycles. The number of amides is 1. The SMILES string of the molecule is CC(CN)N(C)C(=O)c1cn(-c2ccccc2)nn1.Cl. The Bertz CT molecular complexity index is 557. The summed E-state index contributed by atoms with van der Waals surface area (Å²) in [5.74, 6) is -0.180. The van der Waals surface area contributed by atoms with Gasteiger partial charge in [0.1, 0.15) is 0 Å². The van der Waals surface area contributed by atoms with Crippen molar-refractivity contribution < 1.29 is 4.79 Å². The van der Waals surface area contributed by atoms with Crippen LogP contribution in [0.5, 0.6) is 0 Å². The van der Waals surface area contributed by atoms with Crippen molar-refractivity contribution in [3.8, 4) is 5.69 Å². The van der Waals surface area contributed by atoms with Gasteiger partial charge in [0.15, 0.2) is 5.69 Å². The fraction of sp³-hybridized carbons (Fsp3) is 0.308. The summed E-state index contributed by atoms with van der Waals surface area (Å²) < 4.78 is 1.58. The number of rotatable bonds is 4. The van der Waals surface area contributed by atoms with Gasteiger partial charge in [-0.2, -0.15) is 0 Å². The highest BCUT2D eigenvalue weighted by atomic mass is 35.5. The lowest BCUT2D eigenvalue weighted by Gasteiger charge is -2.22. The van der Waals surface area contributed by atoms with E-state index in [1.807, 2.05) is 37.3 Å². The van der Waals surface area contributed by atoms with Gasteiger partial charge in [-0.15, -0.1) is 17.5 Å². The molecule has 6 nitrogen and oxygen atoms in total. The van der Waals surface area contributed by atoms with Crippen LogP contribution < -0.4 is 5.73 Å². The first-order valence-corrected chi connectivity index (χ1v) is 6.08. The third-order valence-corrected chi connectivity index (χ3v) is 3.06. The number of aromatic nitrogens is 3. The Balaban J connectivity index is 0.00000200. The monoisotopic (exact) mass is 295 g/mol. The Morgan fingerprint density at radius 3 is 2.65 bits per heavy atom. The first-order chi connectivity index (χ1) is 9.13. The molecule has 1 unspecified atom stereocenters. The van der Waals surface area contributed by atoms with Crippen molar-refractivity contribution in [1.82, 2.24) is 19.9 Å². The smallest absolute Gasteiger partial charge is 0.276 e. The van der Waals surface area contributed by atoms with E-state index in [-0.39, 0.29) is 24.4 Å². The van der Waals surface area contributed by atoms with Crippen LogP contribution in [0.15, 0.2) is 36.5 Å². The number of likely N-dealkylation sites (N-methyl/N-ethyl adjacent to an activating group) is 1. The lowest BCUT2D eigenvalue weighted by atomic mass is 10.3. The molecule has 2 N–H and O–H groups in total. The lowest BCUT2D eigenvalue weighted by molar-refractivity contribution is 0.0742. The molecule has 0 saturated carbocycles. The van der Waals surface area contributed by atoms with Crippen LogP contribution in [0.3, 0.4) is 0 Å². The van der Waals surface area contributed by atoms with Gasteiger partial charge in [0.05, 0.1) is 11.9 Å². The van der Waals surface area contributed by atoms with Crippen molar-refractivity contribution >= 4 is 18.3 Å². The van der Waals surface area contributed by atoms with Crippen LogP contribution >= 0.6 is 12.4 Å². The van der Waals surface area contributed by atoms with E-state index in [4.69, 9.17) is 5.73 Å². The third kappa shape index (κ3) is 3.34. The number of benzene rings is 1. The van der Waals surface area contributed by atoms with E-state index in [2.05, 4.69) is 10.3 Å². The summed E-state index contributed by atoms with van der Waals surface area (Å²) in [6, 6.07) is 9.49. The Labute approximate surface area is 124 Å². The summed E-state index contributed by atoms with van der Waals surface area (Å²) in [5.41, 5.74) is 6.73. The fourth-order valence-corrected chi connectivity index (χ4v) is 1.61. The van der Waals surface area contributed by atoms with Gasteiger partial charge >= 0.3 is 0 Å². The summed E-state index contributed by atoms with van der Waals surface area (Å²) in [6.07, 6.45) is 1.62. The van der Waals surface area contributed by atoms with Gasteiger partial charge in [0.2, 0.25) is 0 Å². The summed E-state index contributed by atoms with van der Waals surface area (Å²) in [6.45, 7) is 2.30. The Morgan fingerprint density at radius 2 is 2.05 bits per heavy atom. The predicted octanol–water partition coefficient (Wildman–Crippen LogP) is 1.11. The molecule has 2 aromatic rings. The van der Waals surface area contributed by atoms with Crippen LogP contribution in [0, 0.1) is 0 Å². The molecule has 0 saturated heterocycles. The molecular formula is C13H18ClN5O. The van der Waals surface area contributed by atoms with E-state index in [1.54, 1.807) is 22.8 Å². The van der Waals surface area contributed by atoms with Crippen molar-refractivity contribution in [2.75, 3.05) is 13.6 Å². The van der Waals surface area contributed by atoms with E-state index in [0.29, 0.717) is 12.2 Å². The quantitative estimate of drug-likeness (QED) is 0.916. The van der Waals surface area contributed by atoms with E-state index in [0.717, 1.165) is 5.69 Å². The molecule has 0 bridgehead atoms. The number of nitrogens with zero attached hydrogens (tertiary/aromatic N) is 4. The Morgan fingerprint density at radius 1 is 1.40 bits per heavy atom. The molecule has 1 heterocycles. The average Bonchev–Trinajstić information content (AvgIpc) is 2.95. The maximum atomic E-state index is 12.1. The first kappa shape index (κ1) is 16.1. The van der Waals surface area contributed by atoms with Crippen molar-refractivity contribution in [2.45, 2.75) is 13.0 Å². The number of carbonyl (C=O) groups excluding carboxylic acids is 1. The zero-order chi connectivity index (χ0) is 13.8. The minimum absolute atomic E-state index is 0. The van der Waals surface area contributed by atoms with Crippen molar-refractivity contribution in [3.05, 3.63) is 42.2 Å². The van der Waals surface area contributed by atoms with Gasteiger partial charge in [0.25, 0.3) is 5.91 Å². The summed E-state index contributed by atoms with van der Waals surface area (Å²) in [4.78, 5) is 13.7. The van der Waals surface area contributed by atoms with E-state index in [1.165, 1.54) is 0 Å². The molecule has 0 radical (unpaired) electrons. The summed E-state index contributed by atoms with van der Waals surface area (Å²) in [7, 11) is 1.71. The third-order valence-electron chi connectivity index (χ3n) is 3.06. The number of hydrogen-bond donors (Lipinski definition) is 1. The number of para-hydroxylation sites is 1. The maximum absolute atomic E-state index is 12.1. The number of halogens is 1. The number of hydrogen-bond acceptors (Lipinski definition) is 4. The molecule has 0 aliphatic heterocycles. The van der Waals surface area contributed by atoms with Crippen LogP contribution in [0.1, 0.15) is 17.4 Å². The number of nitrogens with two attached hydrogens (primary N) is 1. The zero-order valence-electron chi connectivity index (χ0n) is 11.4. The van der Waals surface area contributed by atoms with E-state index in [9.17, 15) is 4.79 Å². The second-order valence-corrected chi connectivity index (χ2v) is 4.38. The molecule has 20 heavy (non-hydrogen) atoms. The minimum atomic E-state index is -0.180. The molecule has 0 aliphatic rings. The molecule has 1 atom stereocenters. The molecule has 108 valence electrons. The molecule has 1 aromatic heterocycles. The molecule has 1 aromatic carbocycles. The second kappa shape index (κ2) is 7.02. The van der Waals surface area contributed by atoms with Gasteiger partial charge in [0, 0.05) is 19.6 Å². The number of carbonyl (C=O) groups is 1. The highest BCUT2D eigenvalue weighted by Gasteiger charge is 2.19. The normalized spacial score (nSPS) is 11.6. The van der Waals surface area contributed by atoms with Gasteiger partial charge in [-0.3, -0.25) is 4.79 Å². The second-order valence-electron chi connectivity index (χ2n) is 4.38. The van der Waals surface area contributed by atoms with Crippen LogP contribution in [0.25, 0.3) is 5.69 Å². The standard InChI is InChI=1S/C13H17N5O.ClH/c1-10(8-14)17(2)13(19)12-9-18(16-15-12)11-6-4-3-5-7-11;/h3-7,9-10H,8,14H2,1-2H3;1H. The zero-order valence-corrected chi connectivity index (χ0v) is 12.2. The molecule has 1 amide bonds. The van der Waals surface area contributed by atoms with Gasteiger partial charge in [-0.05, 0) is 19.1 Å². The maximum Gasteiger partial charge on any atom is 0.276 e. The summed E-state index contributed by atoms with van der Waals surface area (Å²) >= 11 is 0. The highest BCUT2D eigenvalue weighted by Crippen LogP contribution is 2.08. The highest BCUT2D eigenvalue weighted by molar-refractivity contribution is 5.92. The topological polar surface area (TPSA) is 77.0 Å².